The molecule has 138 valence electrons. The molecule has 8 nitrogen and oxygen atoms in total. The van der Waals surface area contributed by atoms with Crippen molar-refractivity contribution >= 4 is 28.7 Å². The van der Waals surface area contributed by atoms with Crippen LogP contribution in [-0.2, 0) is 14.9 Å². The number of fused-ring (bicyclic) bond motifs is 1. The lowest BCUT2D eigenvalue weighted by Gasteiger charge is -2.20. The van der Waals surface area contributed by atoms with E-state index >= 15 is 0 Å². The first kappa shape index (κ1) is 17.9. The van der Waals surface area contributed by atoms with Gasteiger partial charge < -0.3 is 14.3 Å². The van der Waals surface area contributed by atoms with Crippen molar-refractivity contribution < 1.29 is 23.8 Å². The number of aliphatic carboxylic acids is 1. The van der Waals surface area contributed by atoms with Crippen LogP contribution in [0.4, 0.5) is 10.5 Å². The summed E-state index contributed by atoms with van der Waals surface area (Å²) in [5, 5.41) is 12.1. The number of carboxylic acid groups (broad SMARTS) is 1. The number of nitrogens with one attached hydrogen (secondary N) is 1. The molecule has 3 rings (SSSR count). The molecular formula is C18H20N2O6. The van der Waals surface area contributed by atoms with E-state index in [0.29, 0.717) is 29.6 Å². The predicted molar refractivity (Wildman–Crippen MR) is 93.4 cm³/mol. The molecule has 1 aromatic carbocycles. The molecule has 1 aliphatic rings. The fraction of sp³-hybridized carbons (Fsp3) is 0.444. The van der Waals surface area contributed by atoms with Crippen LogP contribution in [0.15, 0.2) is 21.3 Å². The molecule has 0 spiro atoms. The second-order valence-electron chi connectivity index (χ2n) is 7.45. The summed E-state index contributed by atoms with van der Waals surface area (Å²) in [7, 11) is 0. The molecule has 0 bridgehead atoms. The minimum atomic E-state index is -1.20. The first-order valence-corrected chi connectivity index (χ1v) is 8.22. The Morgan fingerprint density at radius 3 is 2.50 bits per heavy atom. The smallest absolute Gasteiger partial charge is 0.412 e. The summed E-state index contributed by atoms with van der Waals surface area (Å²) in [4.78, 5) is 40.1. The van der Waals surface area contributed by atoms with E-state index in [1.54, 1.807) is 39.8 Å². The van der Waals surface area contributed by atoms with E-state index < -0.39 is 28.7 Å². The fourth-order valence-corrected chi connectivity index (χ4v) is 2.72. The van der Waals surface area contributed by atoms with Gasteiger partial charge in [-0.15, -0.1) is 0 Å². The van der Waals surface area contributed by atoms with Gasteiger partial charge in [-0.25, -0.2) is 14.6 Å². The molecule has 26 heavy (non-hydrogen) atoms. The predicted octanol–water partition coefficient (Wildman–Crippen LogP) is 2.96. The second-order valence-corrected chi connectivity index (χ2v) is 7.45. The Kier molecular flexibility index (Phi) is 4.01. The Labute approximate surface area is 149 Å². The Balaban J connectivity index is 2.00. The SMILES string of the molecule is Cc1c(NC(=O)OC(C)(C)C)ccc2nc(C3(C(=O)O)CC3)oc(=O)c12. The van der Waals surface area contributed by atoms with E-state index in [1.807, 2.05) is 0 Å². The monoisotopic (exact) mass is 360 g/mol. The van der Waals surface area contributed by atoms with Gasteiger partial charge in [0.25, 0.3) is 0 Å². The van der Waals surface area contributed by atoms with Crippen molar-refractivity contribution in [3.8, 4) is 0 Å². The van der Waals surface area contributed by atoms with E-state index in [0.717, 1.165) is 0 Å². The average molecular weight is 360 g/mol. The lowest BCUT2D eigenvalue weighted by atomic mass is 10.1. The summed E-state index contributed by atoms with van der Waals surface area (Å²) in [5.74, 6) is -1.12. The van der Waals surface area contributed by atoms with Gasteiger partial charge in [0.2, 0.25) is 5.89 Å². The van der Waals surface area contributed by atoms with Crippen LogP contribution in [0.5, 0.6) is 0 Å². The average Bonchev–Trinajstić information content (AvgIpc) is 3.29. The van der Waals surface area contributed by atoms with Crippen molar-refractivity contribution in [2.24, 2.45) is 0 Å². The molecule has 1 amide bonds. The molecule has 0 unspecified atom stereocenters. The van der Waals surface area contributed by atoms with Crippen molar-refractivity contribution in [1.82, 2.24) is 4.98 Å². The van der Waals surface area contributed by atoms with E-state index in [9.17, 15) is 19.5 Å². The maximum absolute atomic E-state index is 12.4. The van der Waals surface area contributed by atoms with Gasteiger partial charge in [-0.3, -0.25) is 10.1 Å². The topological polar surface area (TPSA) is 119 Å². The Bertz CT molecular complexity index is 966. The highest BCUT2D eigenvalue weighted by atomic mass is 16.6. The molecule has 0 atom stereocenters. The lowest BCUT2D eigenvalue weighted by molar-refractivity contribution is -0.140. The maximum Gasteiger partial charge on any atom is 0.412 e. The highest BCUT2D eigenvalue weighted by molar-refractivity contribution is 5.93. The number of amides is 1. The molecule has 2 aromatic rings. The number of carboxylic acids is 1. The van der Waals surface area contributed by atoms with E-state index in [1.165, 1.54) is 0 Å². The van der Waals surface area contributed by atoms with Gasteiger partial charge in [0.15, 0.2) is 0 Å². The number of nitrogens with zero attached hydrogens (tertiary/aromatic N) is 1. The minimum absolute atomic E-state index is 0.0743. The zero-order valence-electron chi connectivity index (χ0n) is 15.0. The standard InChI is InChI=1S/C18H20N2O6/c1-9-10(20-16(24)26-17(2,3)4)5-6-11-12(9)13(21)25-14(19-11)18(7-8-18)15(22)23/h5-6H,7-8H2,1-4H3,(H,20,24)(H,22,23). The second kappa shape index (κ2) is 5.82. The largest absolute Gasteiger partial charge is 0.480 e. The van der Waals surface area contributed by atoms with Crippen LogP contribution in [0.3, 0.4) is 0 Å². The van der Waals surface area contributed by atoms with E-state index in [-0.39, 0.29) is 11.3 Å². The van der Waals surface area contributed by atoms with Crippen LogP contribution in [-0.4, -0.2) is 27.8 Å². The van der Waals surface area contributed by atoms with Crippen LogP contribution in [0, 0.1) is 6.92 Å². The zero-order chi connectivity index (χ0) is 19.3. The van der Waals surface area contributed by atoms with Crippen LogP contribution in [0.2, 0.25) is 0 Å². The molecule has 1 aliphatic carbocycles. The summed E-state index contributed by atoms with van der Waals surface area (Å²) in [6.45, 7) is 6.89. The number of carbonyl (C=O) groups excluding carboxylic acids is 1. The van der Waals surface area contributed by atoms with Crippen molar-refractivity contribution in [3.05, 3.63) is 34.0 Å². The lowest BCUT2D eigenvalue weighted by Crippen LogP contribution is -2.27. The molecule has 1 saturated carbocycles. The van der Waals surface area contributed by atoms with Crippen LogP contribution < -0.4 is 10.9 Å². The number of anilines is 1. The maximum atomic E-state index is 12.4. The molecular weight excluding hydrogens is 340 g/mol. The van der Waals surface area contributed by atoms with Crippen molar-refractivity contribution in [2.75, 3.05) is 5.32 Å². The normalized spacial score (nSPS) is 15.5. The Hall–Kier alpha value is -2.90. The van der Waals surface area contributed by atoms with E-state index in [2.05, 4.69) is 10.3 Å². The van der Waals surface area contributed by atoms with Crippen LogP contribution in [0.25, 0.3) is 10.9 Å². The number of hydrogen-bond acceptors (Lipinski definition) is 6. The molecule has 0 aliphatic heterocycles. The number of ether oxygens (including phenoxy) is 1. The van der Waals surface area contributed by atoms with Gasteiger partial charge in [0.05, 0.1) is 10.9 Å². The first-order valence-electron chi connectivity index (χ1n) is 8.22. The number of carbonyl (C=O) groups is 2. The third-order valence-electron chi connectivity index (χ3n) is 4.26. The molecule has 2 N–H and O–H groups in total. The van der Waals surface area contributed by atoms with Crippen LogP contribution in [0.1, 0.15) is 45.1 Å². The third kappa shape index (κ3) is 3.14. The number of hydrogen-bond donors (Lipinski definition) is 2. The van der Waals surface area contributed by atoms with Gasteiger partial charge in [0.1, 0.15) is 11.0 Å². The quantitative estimate of drug-likeness (QED) is 0.863. The fourth-order valence-electron chi connectivity index (χ4n) is 2.72. The zero-order valence-corrected chi connectivity index (χ0v) is 15.0. The number of aryl methyl sites for hydroxylation is 1. The minimum Gasteiger partial charge on any atom is -0.480 e. The Morgan fingerprint density at radius 1 is 1.31 bits per heavy atom. The number of aromatic nitrogens is 1. The van der Waals surface area contributed by atoms with Gasteiger partial charge >= 0.3 is 17.7 Å². The molecule has 1 fully saturated rings. The molecule has 0 radical (unpaired) electrons. The van der Waals surface area contributed by atoms with E-state index in [4.69, 9.17) is 9.15 Å². The van der Waals surface area contributed by atoms with Gasteiger partial charge in [-0.05, 0) is 58.2 Å². The van der Waals surface area contributed by atoms with Gasteiger partial charge in [0, 0.05) is 5.69 Å². The first-order chi connectivity index (χ1) is 12.0. The van der Waals surface area contributed by atoms with Gasteiger partial charge in [-0.1, -0.05) is 0 Å². The molecule has 1 heterocycles. The van der Waals surface area contributed by atoms with Crippen molar-refractivity contribution in [2.45, 2.75) is 51.6 Å². The van der Waals surface area contributed by atoms with Crippen LogP contribution >= 0.6 is 0 Å². The van der Waals surface area contributed by atoms with Gasteiger partial charge in [-0.2, -0.15) is 0 Å². The number of rotatable bonds is 3. The molecule has 0 saturated heterocycles. The summed E-state index contributed by atoms with van der Waals surface area (Å²) < 4.78 is 10.4. The summed E-state index contributed by atoms with van der Waals surface area (Å²) in [6.07, 6.45) is 0.138. The Morgan fingerprint density at radius 2 is 1.96 bits per heavy atom. The molecule has 1 aromatic heterocycles. The van der Waals surface area contributed by atoms with Crippen molar-refractivity contribution in [1.29, 1.82) is 0 Å². The number of benzene rings is 1. The summed E-state index contributed by atoms with van der Waals surface area (Å²) in [6, 6.07) is 3.14. The third-order valence-corrected chi connectivity index (χ3v) is 4.26. The van der Waals surface area contributed by atoms with Crippen molar-refractivity contribution in [3.63, 3.8) is 0 Å². The highest BCUT2D eigenvalue weighted by Crippen LogP contribution is 2.47. The highest BCUT2D eigenvalue weighted by Gasteiger charge is 2.56. The summed E-state index contributed by atoms with van der Waals surface area (Å²) in [5.41, 5.74) is -1.33. The summed E-state index contributed by atoms with van der Waals surface area (Å²) >= 11 is 0. The molecule has 8 heteroatoms.